The second-order valence-corrected chi connectivity index (χ2v) is 15.3. The molecule has 3 saturated heterocycles. The zero-order valence-corrected chi connectivity index (χ0v) is 30.4. The maximum Gasteiger partial charge on any atom is 0.232 e. The molecular formula is C42H56N4O3. The Morgan fingerprint density at radius 1 is 0.898 bits per heavy atom. The molecule has 6 rings (SSSR count). The number of amides is 1. The first-order valence-electron chi connectivity index (χ1n) is 18.2. The van der Waals surface area contributed by atoms with E-state index in [4.69, 9.17) is 4.74 Å². The Kier molecular flexibility index (Phi) is 10.4. The number of likely N-dealkylation sites (tertiary alicyclic amines) is 2. The van der Waals surface area contributed by atoms with Crippen molar-refractivity contribution in [2.24, 2.45) is 0 Å². The third kappa shape index (κ3) is 7.53. The number of benzene rings is 3. The Balaban J connectivity index is 1.12. The van der Waals surface area contributed by atoms with Crippen LogP contribution < -0.4 is 4.90 Å². The Bertz CT molecular complexity index is 1570. The van der Waals surface area contributed by atoms with Crippen molar-refractivity contribution < 1.29 is 14.6 Å². The van der Waals surface area contributed by atoms with Gasteiger partial charge in [0.25, 0.3) is 0 Å². The Labute approximate surface area is 294 Å². The maximum atomic E-state index is 13.5. The van der Waals surface area contributed by atoms with Gasteiger partial charge in [-0.05, 0) is 107 Å². The van der Waals surface area contributed by atoms with Crippen LogP contribution in [0.3, 0.4) is 0 Å². The second-order valence-electron chi connectivity index (χ2n) is 15.3. The molecule has 3 fully saturated rings. The van der Waals surface area contributed by atoms with Crippen molar-refractivity contribution in [1.29, 1.82) is 0 Å². The molecule has 7 heteroatoms. The summed E-state index contributed by atoms with van der Waals surface area (Å²) in [5.74, 6) is 0.492. The number of piperidine rings is 2. The number of hydrogen-bond donors (Lipinski definition) is 1. The highest BCUT2D eigenvalue weighted by Crippen LogP contribution is 2.37. The fraction of sp³-hybridized carbons (Fsp3) is 0.500. The lowest BCUT2D eigenvalue weighted by molar-refractivity contribution is -0.140. The zero-order chi connectivity index (χ0) is 34.8. The van der Waals surface area contributed by atoms with Crippen LogP contribution in [0.2, 0.25) is 0 Å². The van der Waals surface area contributed by atoms with Gasteiger partial charge in [0.1, 0.15) is 5.75 Å². The van der Waals surface area contributed by atoms with Gasteiger partial charge in [-0.3, -0.25) is 9.69 Å². The summed E-state index contributed by atoms with van der Waals surface area (Å²) in [6.45, 7) is 22.8. The molecule has 1 amide bonds. The van der Waals surface area contributed by atoms with Gasteiger partial charge in [-0.1, -0.05) is 49.0 Å². The van der Waals surface area contributed by atoms with Gasteiger partial charge < -0.3 is 24.5 Å². The predicted molar refractivity (Wildman–Crippen MR) is 200 cm³/mol. The van der Waals surface area contributed by atoms with Crippen LogP contribution in [0.1, 0.15) is 74.3 Å². The highest BCUT2D eigenvalue weighted by atomic mass is 16.5. The van der Waals surface area contributed by atoms with Crippen LogP contribution in [-0.4, -0.2) is 89.8 Å². The van der Waals surface area contributed by atoms with E-state index < -0.39 is 5.41 Å². The topological polar surface area (TPSA) is 59.5 Å². The molecule has 0 aromatic heterocycles. The van der Waals surface area contributed by atoms with Gasteiger partial charge in [-0.2, -0.15) is 0 Å². The van der Waals surface area contributed by atoms with Crippen LogP contribution in [0.15, 0.2) is 73.3 Å². The molecule has 0 radical (unpaired) electrons. The molecule has 0 bridgehead atoms. The number of morpholine rings is 1. The summed E-state index contributed by atoms with van der Waals surface area (Å²) in [5, 5.41) is 10.0. The Morgan fingerprint density at radius 3 is 2.08 bits per heavy atom. The van der Waals surface area contributed by atoms with E-state index in [2.05, 4.69) is 96.6 Å². The zero-order valence-electron chi connectivity index (χ0n) is 30.4. The van der Waals surface area contributed by atoms with Crippen molar-refractivity contribution in [2.45, 2.75) is 83.8 Å². The minimum absolute atomic E-state index is 0.172. The van der Waals surface area contributed by atoms with Gasteiger partial charge in [0.2, 0.25) is 5.91 Å². The fourth-order valence-corrected chi connectivity index (χ4v) is 8.41. The minimum atomic E-state index is -0.593. The molecule has 49 heavy (non-hydrogen) atoms. The van der Waals surface area contributed by atoms with Gasteiger partial charge in [-0.15, -0.1) is 0 Å². The number of aromatic hydroxyl groups is 1. The average Bonchev–Trinajstić information content (AvgIpc) is 3.11. The van der Waals surface area contributed by atoms with E-state index in [1.54, 1.807) is 0 Å². The van der Waals surface area contributed by atoms with Gasteiger partial charge in [0.05, 0.1) is 18.6 Å². The predicted octanol–water partition coefficient (Wildman–Crippen LogP) is 7.14. The molecule has 0 saturated carbocycles. The van der Waals surface area contributed by atoms with Gasteiger partial charge >= 0.3 is 0 Å². The smallest absolute Gasteiger partial charge is 0.232 e. The second kappa shape index (κ2) is 14.6. The first-order valence-corrected chi connectivity index (χ1v) is 18.2. The number of phenols is 1. The number of phenolic OH excluding ortho intramolecular Hbond substituents is 1. The molecule has 3 aliphatic rings. The first kappa shape index (κ1) is 35.0. The van der Waals surface area contributed by atoms with E-state index in [1.165, 1.54) is 16.8 Å². The normalized spacial score (nSPS) is 19.1. The van der Waals surface area contributed by atoms with E-state index in [9.17, 15) is 9.90 Å². The molecule has 0 spiro atoms. The van der Waals surface area contributed by atoms with Crippen LogP contribution in [0.5, 0.6) is 5.75 Å². The molecule has 3 aromatic rings. The quantitative estimate of drug-likeness (QED) is 0.263. The third-order valence-corrected chi connectivity index (χ3v) is 11.6. The van der Waals surface area contributed by atoms with Crippen LogP contribution >= 0.6 is 0 Å². The summed E-state index contributed by atoms with van der Waals surface area (Å²) in [7, 11) is 0. The molecular weight excluding hydrogens is 608 g/mol. The third-order valence-electron chi connectivity index (χ3n) is 11.6. The summed E-state index contributed by atoms with van der Waals surface area (Å²) < 4.78 is 5.49. The molecule has 0 unspecified atom stereocenters. The largest absolute Gasteiger partial charge is 0.508 e. The van der Waals surface area contributed by atoms with Gasteiger partial charge in [-0.25, -0.2) is 0 Å². The van der Waals surface area contributed by atoms with Crippen molar-refractivity contribution >= 4 is 17.3 Å². The SMILES string of the molecule is C=C(c1c(C)cc(O)cc1C)N1CCC(C)(N2CCC(N(Cc3ccccc3)c3ccc(C(C)(C)C(=O)N4CCOCC4)cc3)CC2)CC1. The van der Waals surface area contributed by atoms with Crippen LogP contribution in [0.4, 0.5) is 5.69 Å². The number of hydrogen-bond acceptors (Lipinski definition) is 6. The molecule has 3 aliphatic heterocycles. The summed E-state index contributed by atoms with van der Waals surface area (Å²) in [6, 6.07) is 23.7. The van der Waals surface area contributed by atoms with Crippen LogP contribution in [0.25, 0.3) is 5.70 Å². The number of aryl methyl sites for hydroxylation is 2. The van der Waals surface area contributed by atoms with Crippen molar-refractivity contribution in [3.05, 3.63) is 101 Å². The van der Waals surface area contributed by atoms with Crippen molar-refractivity contribution in [2.75, 3.05) is 57.4 Å². The van der Waals surface area contributed by atoms with E-state index in [1.807, 2.05) is 30.9 Å². The number of carbonyl (C=O) groups is 1. The number of carbonyl (C=O) groups excluding carboxylic acids is 1. The van der Waals surface area contributed by atoms with E-state index in [-0.39, 0.29) is 11.4 Å². The summed E-state index contributed by atoms with van der Waals surface area (Å²) in [4.78, 5) is 23.3. The number of ether oxygens (including phenoxy) is 1. The summed E-state index contributed by atoms with van der Waals surface area (Å²) >= 11 is 0. The molecule has 1 N–H and O–H groups in total. The highest BCUT2D eigenvalue weighted by Gasteiger charge is 2.39. The molecule has 3 aromatic carbocycles. The fourth-order valence-electron chi connectivity index (χ4n) is 8.41. The lowest BCUT2D eigenvalue weighted by Crippen LogP contribution is -2.57. The molecule has 0 aliphatic carbocycles. The minimum Gasteiger partial charge on any atom is -0.508 e. The van der Waals surface area contributed by atoms with Gasteiger partial charge in [0, 0.05) is 74.3 Å². The molecule has 262 valence electrons. The molecule has 3 heterocycles. The maximum absolute atomic E-state index is 13.5. The average molecular weight is 665 g/mol. The van der Waals surface area contributed by atoms with Crippen LogP contribution in [-0.2, 0) is 21.5 Å². The van der Waals surface area contributed by atoms with Crippen molar-refractivity contribution in [3.8, 4) is 5.75 Å². The van der Waals surface area contributed by atoms with E-state index >= 15 is 0 Å². The molecule has 7 nitrogen and oxygen atoms in total. The summed E-state index contributed by atoms with van der Waals surface area (Å²) in [6.07, 6.45) is 4.46. The van der Waals surface area contributed by atoms with Gasteiger partial charge in [0.15, 0.2) is 0 Å². The van der Waals surface area contributed by atoms with Crippen molar-refractivity contribution in [3.63, 3.8) is 0 Å². The van der Waals surface area contributed by atoms with E-state index in [0.717, 1.165) is 80.8 Å². The standard InChI is InChI=1S/C42H56N4O3/c1-31-28-38(47)29-32(2)39(31)33(3)43-22-18-42(6,19-23-43)45-20-16-37(17-21-45)46(30-34-10-8-7-9-11-34)36-14-12-35(13-15-36)41(4,5)40(48)44-24-26-49-27-25-44/h7-15,28-29,37,47H,3,16-27,30H2,1-2,4-6H3. The first-order chi connectivity index (χ1) is 23.5. The number of nitrogens with zero attached hydrogens (tertiary/aromatic N) is 4. The Morgan fingerprint density at radius 2 is 1.49 bits per heavy atom. The van der Waals surface area contributed by atoms with Crippen LogP contribution in [0, 0.1) is 13.8 Å². The highest BCUT2D eigenvalue weighted by molar-refractivity contribution is 5.87. The molecule has 0 atom stereocenters. The lowest BCUT2D eigenvalue weighted by Gasteiger charge is -2.51. The summed E-state index contributed by atoms with van der Waals surface area (Å²) in [5.41, 5.74) is 7.58. The lowest BCUT2D eigenvalue weighted by atomic mass is 9.82. The van der Waals surface area contributed by atoms with E-state index in [0.29, 0.717) is 38.1 Å². The monoisotopic (exact) mass is 664 g/mol. The Hall–Kier alpha value is -3.81. The number of anilines is 1. The number of rotatable bonds is 9. The van der Waals surface area contributed by atoms with Crippen molar-refractivity contribution in [1.82, 2.24) is 14.7 Å².